The first-order chi connectivity index (χ1) is 7.15. The normalized spacial score (nSPS) is 15.7. The van der Waals surface area contributed by atoms with Gasteiger partial charge in [0.05, 0.1) is 5.69 Å². The summed E-state index contributed by atoms with van der Waals surface area (Å²) in [6.07, 6.45) is 2.06. The van der Waals surface area contributed by atoms with Crippen LogP contribution < -0.4 is 5.32 Å². The van der Waals surface area contributed by atoms with Crippen molar-refractivity contribution in [3.63, 3.8) is 0 Å². The van der Waals surface area contributed by atoms with Gasteiger partial charge in [-0.2, -0.15) is 0 Å². The Morgan fingerprint density at radius 3 is 3.00 bits per heavy atom. The predicted molar refractivity (Wildman–Crippen MR) is 60.9 cm³/mol. The Morgan fingerprint density at radius 1 is 1.67 bits per heavy atom. The molecule has 5 heteroatoms. The molecule has 1 fully saturated rings. The molecule has 0 bridgehead atoms. The molecule has 0 unspecified atom stereocenters. The molecule has 4 nitrogen and oxygen atoms in total. The molecule has 82 valence electrons. The molecular weight excluding hydrogens is 210 g/mol. The smallest absolute Gasteiger partial charge is 0.229 e. The van der Waals surface area contributed by atoms with Crippen molar-refractivity contribution in [2.45, 2.75) is 19.4 Å². The predicted octanol–water partition coefficient (Wildman–Crippen LogP) is 1.55. The van der Waals surface area contributed by atoms with E-state index < -0.39 is 0 Å². The molecule has 1 aliphatic rings. The quantitative estimate of drug-likeness (QED) is 0.845. The number of anilines is 1. The summed E-state index contributed by atoms with van der Waals surface area (Å²) >= 11 is 1.50. The minimum absolute atomic E-state index is 0.126. The fourth-order valence-corrected chi connectivity index (χ4v) is 2.02. The van der Waals surface area contributed by atoms with E-state index in [1.54, 1.807) is 0 Å². The first-order valence-electron chi connectivity index (χ1n) is 5.05. The van der Waals surface area contributed by atoms with Crippen LogP contribution in [0.5, 0.6) is 0 Å². The van der Waals surface area contributed by atoms with Gasteiger partial charge in [0.2, 0.25) is 5.91 Å². The zero-order valence-electron chi connectivity index (χ0n) is 8.99. The minimum atomic E-state index is 0.126. The molecule has 1 aromatic rings. The number of nitrogens with one attached hydrogen (secondary N) is 1. The van der Waals surface area contributed by atoms with E-state index >= 15 is 0 Å². The third kappa shape index (κ3) is 3.00. The summed E-state index contributed by atoms with van der Waals surface area (Å²) in [7, 11) is 4.00. The van der Waals surface area contributed by atoms with Gasteiger partial charge in [-0.15, -0.1) is 11.3 Å². The number of carbonyl (C=O) groups is 1. The molecular formula is C10H15N3OS. The van der Waals surface area contributed by atoms with E-state index in [1.807, 2.05) is 19.5 Å². The van der Waals surface area contributed by atoms with Gasteiger partial charge in [0.25, 0.3) is 0 Å². The zero-order chi connectivity index (χ0) is 10.8. The summed E-state index contributed by atoms with van der Waals surface area (Å²) in [5.74, 6) is 0.368. The van der Waals surface area contributed by atoms with Crippen molar-refractivity contribution in [3.8, 4) is 0 Å². The molecule has 0 radical (unpaired) electrons. The first kappa shape index (κ1) is 10.6. The molecule has 1 saturated carbocycles. The van der Waals surface area contributed by atoms with Crippen LogP contribution in [0.25, 0.3) is 0 Å². The number of amides is 1. The van der Waals surface area contributed by atoms with Crippen molar-refractivity contribution < 1.29 is 4.79 Å². The molecule has 1 amide bonds. The second-order valence-electron chi connectivity index (χ2n) is 4.15. The molecule has 0 aromatic carbocycles. The van der Waals surface area contributed by atoms with Gasteiger partial charge in [0.1, 0.15) is 0 Å². The van der Waals surface area contributed by atoms with Crippen LogP contribution in [0.2, 0.25) is 0 Å². The van der Waals surface area contributed by atoms with Crippen LogP contribution in [0.4, 0.5) is 5.13 Å². The lowest BCUT2D eigenvalue weighted by Crippen LogP contribution is -2.14. The summed E-state index contributed by atoms with van der Waals surface area (Å²) < 4.78 is 0. The van der Waals surface area contributed by atoms with Crippen molar-refractivity contribution in [1.29, 1.82) is 0 Å². The van der Waals surface area contributed by atoms with Crippen molar-refractivity contribution in [3.05, 3.63) is 11.1 Å². The highest BCUT2D eigenvalue weighted by atomic mass is 32.1. The van der Waals surface area contributed by atoms with E-state index in [0.717, 1.165) is 30.2 Å². The maximum Gasteiger partial charge on any atom is 0.229 e. The lowest BCUT2D eigenvalue weighted by Gasteiger charge is -2.05. The van der Waals surface area contributed by atoms with Crippen molar-refractivity contribution in [2.75, 3.05) is 19.4 Å². The average molecular weight is 225 g/mol. The fourth-order valence-electron chi connectivity index (χ4n) is 1.31. The largest absolute Gasteiger partial charge is 0.304 e. The number of aromatic nitrogens is 1. The zero-order valence-corrected chi connectivity index (χ0v) is 9.80. The van der Waals surface area contributed by atoms with E-state index in [4.69, 9.17) is 0 Å². The Labute approximate surface area is 93.3 Å². The number of nitrogens with zero attached hydrogens (tertiary/aromatic N) is 2. The van der Waals surface area contributed by atoms with E-state index in [9.17, 15) is 4.79 Å². The minimum Gasteiger partial charge on any atom is -0.304 e. The van der Waals surface area contributed by atoms with E-state index in [1.165, 1.54) is 11.3 Å². The van der Waals surface area contributed by atoms with Gasteiger partial charge in [-0.3, -0.25) is 4.79 Å². The summed E-state index contributed by atoms with van der Waals surface area (Å²) in [5, 5.41) is 5.56. The SMILES string of the molecule is CN(C)Cc1csc(NC(=O)C2CC2)n1. The highest BCUT2D eigenvalue weighted by Gasteiger charge is 2.30. The Balaban J connectivity index is 1.91. The van der Waals surface area contributed by atoms with Crippen molar-refractivity contribution in [2.24, 2.45) is 5.92 Å². The Bertz CT molecular complexity index is 357. The van der Waals surface area contributed by atoms with E-state index in [2.05, 4.69) is 15.2 Å². The number of hydrogen-bond acceptors (Lipinski definition) is 4. The number of hydrogen-bond donors (Lipinski definition) is 1. The fraction of sp³-hybridized carbons (Fsp3) is 0.600. The average Bonchev–Trinajstić information content (AvgIpc) is 2.90. The van der Waals surface area contributed by atoms with Crippen LogP contribution in [0.1, 0.15) is 18.5 Å². The third-order valence-electron chi connectivity index (χ3n) is 2.21. The summed E-state index contributed by atoms with van der Waals surface area (Å²) in [5.41, 5.74) is 1.01. The maximum atomic E-state index is 11.5. The molecule has 1 N–H and O–H groups in total. The topological polar surface area (TPSA) is 45.2 Å². The Morgan fingerprint density at radius 2 is 2.40 bits per heavy atom. The second-order valence-corrected chi connectivity index (χ2v) is 5.00. The highest BCUT2D eigenvalue weighted by Crippen LogP contribution is 2.30. The second kappa shape index (κ2) is 4.28. The van der Waals surface area contributed by atoms with Crippen LogP contribution in [-0.2, 0) is 11.3 Å². The lowest BCUT2D eigenvalue weighted by atomic mass is 10.4. The lowest BCUT2D eigenvalue weighted by molar-refractivity contribution is -0.117. The molecule has 1 aromatic heterocycles. The Hall–Kier alpha value is -0.940. The summed E-state index contributed by atoms with van der Waals surface area (Å²) in [6, 6.07) is 0. The molecule has 0 atom stereocenters. The highest BCUT2D eigenvalue weighted by molar-refractivity contribution is 7.13. The number of carbonyl (C=O) groups excluding carboxylic acids is 1. The summed E-state index contributed by atoms with van der Waals surface area (Å²) in [4.78, 5) is 17.9. The summed E-state index contributed by atoms with van der Waals surface area (Å²) in [6.45, 7) is 0.815. The van der Waals surface area contributed by atoms with Crippen molar-refractivity contribution in [1.82, 2.24) is 9.88 Å². The van der Waals surface area contributed by atoms with Gasteiger partial charge < -0.3 is 10.2 Å². The number of rotatable bonds is 4. The van der Waals surface area contributed by atoms with E-state index in [-0.39, 0.29) is 11.8 Å². The van der Waals surface area contributed by atoms with Gasteiger partial charge in [0.15, 0.2) is 5.13 Å². The van der Waals surface area contributed by atoms with Gasteiger partial charge in [-0.05, 0) is 26.9 Å². The molecule has 0 saturated heterocycles. The molecule has 0 aliphatic heterocycles. The third-order valence-corrected chi connectivity index (χ3v) is 3.01. The van der Waals surface area contributed by atoms with Crippen LogP contribution in [0.15, 0.2) is 5.38 Å². The van der Waals surface area contributed by atoms with Gasteiger partial charge in [-0.1, -0.05) is 0 Å². The van der Waals surface area contributed by atoms with E-state index in [0.29, 0.717) is 0 Å². The monoisotopic (exact) mass is 225 g/mol. The molecule has 2 rings (SSSR count). The molecule has 0 spiro atoms. The van der Waals surface area contributed by atoms with Crippen LogP contribution >= 0.6 is 11.3 Å². The van der Waals surface area contributed by atoms with Crippen LogP contribution in [-0.4, -0.2) is 29.9 Å². The van der Waals surface area contributed by atoms with Gasteiger partial charge in [-0.25, -0.2) is 4.98 Å². The maximum absolute atomic E-state index is 11.5. The molecule has 15 heavy (non-hydrogen) atoms. The number of thiazole rings is 1. The molecule has 1 aliphatic carbocycles. The first-order valence-corrected chi connectivity index (χ1v) is 5.93. The van der Waals surface area contributed by atoms with Crippen LogP contribution in [0, 0.1) is 5.92 Å². The van der Waals surface area contributed by atoms with Gasteiger partial charge >= 0.3 is 0 Å². The molecule has 1 heterocycles. The standard InChI is InChI=1S/C10H15N3OS/c1-13(2)5-8-6-15-10(11-8)12-9(14)7-3-4-7/h6-7H,3-5H2,1-2H3,(H,11,12,14). The van der Waals surface area contributed by atoms with Gasteiger partial charge in [0, 0.05) is 17.8 Å². The Kier molecular flexibility index (Phi) is 3.02. The van der Waals surface area contributed by atoms with Crippen LogP contribution in [0.3, 0.4) is 0 Å². The van der Waals surface area contributed by atoms with Crippen molar-refractivity contribution >= 4 is 22.4 Å².